The Bertz CT molecular complexity index is 1480. The number of aryl methyl sites for hydroxylation is 2. The van der Waals surface area contributed by atoms with Gasteiger partial charge < -0.3 is 30.2 Å². The minimum Gasteiger partial charge on any atom is -0.497 e. The number of esters is 1. The number of carbonyl (C=O) groups is 3. The Morgan fingerprint density at radius 1 is 0.909 bits per heavy atom. The molecule has 44 heavy (non-hydrogen) atoms. The Labute approximate surface area is 260 Å². The number of benzene rings is 3. The zero-order valence-electron chi connectivity index (χ0n) is 26.8. The molecule has 0 aliphatic heterocycles. The molecule has 0 aliphatic rings. The molecule has 3 amide bonds. The number of anilines is 2. The molecule has 3 rings (SSSR count). The molecule has 0 aromatic heterocycles. The zero-order chi connectivity index (χ0) is 32.6. The number of methoxy groups -OCH3 is 2. The van der Waals surface area contributed by atoms with Crippen molar-refractivity contribution in [1.82, 2.24) is 5.32 Å². The molecule has 9 nitrogen and oxygen atoms in total. The highest BCUT2D eigenvalue weighted by Gasteiger charge is 2.32. The first-order valence-corrected chi connectivity index (χ1v) is 14.4. The van der Waals surface area contributed by atoms with Crippen molar-refractivity contribution in [1.29, 1.82) is 0 Å². The molecule has 0 bridgehead atoms. The quantitative estimate of drug-likeness (QED) is 0.164. The predicted molar refractivity (Wildman–Crippen MR) is 174 cm³/mol. The van der Waals surface area contributed by atoms with Crippen LogP contribution in [-0.2, 0) is 20.7 Å². The van der Waals surface area contributed by atoms with Gasteiger partial charge in [-0.3, -0.25) is 4.79 Å². The standard InChI is InChI=1S/C35H43N3O6/c1-10-11-24-18-21(2)30(22(3)19-24)38-34(41)36-29-20-26(25-12-15-27(42-8)16-13-25)14-17-28(29)32(39)37-31(33(40)43-9)23(4)44-35(5,6)7/h10,12-20,23,31H,1,11H2,2-9H3,(H,37,39)(H2,36,38,41)/t23-,31+/m1/s1. The molecule has 0 fully saturated rings. The Morgan fingerprint density at radius 3 is 2.07 bits per heavy atom. The van der Waals surface area contributed by atoms with E-state index < -0.39 is 35.7 Å². The summed E-state index contributed by atoms with van der Waals surface area (Å²) in [5.41, 5.74) is 5.01. The largest absolute Gasteiger partial charge is 0.497 e. The fourth-order valence-corrected chi connectivity index (χ4v) is 4.95. The molecular formula is C35H43N3O6. The molecular weight excluding hydrogens is 558 g/mol. The van der Waals surface area contributed by atoms with Crippen molar-refractivity contribution < 1.29 is 28.6 Å². The van der Waals surface area contributed by atoms with E-state index in [1.54, 1.807) is 32.2 Å². The Balaban J connectivity index is 1.98. The highest BCUT2D eigenvalue weighted by Crippen LogP contribution is 2.29. The highest BCUT2D eigenvalue weighted by atomic mass is 16.5. The summed E-state index contributed by atoms with van der Waals surface area (Å²) < 4.78 is 16.2. The van der Waals surface area contributed by atoms with E-state index in [-0.39, 0.29) is 11.3 Å². The zero-order valence-corrected chi connectivity index (χ0v) is 26.8. The lowest BCUT2D eigenvalue weighted by Crippen LogP contribution is -2.51. The molecule has 0 radical (unpaired) electrons. The average Bonchev–Trinajstić information content (AvgIpc) is 2.96. The van der Waals surface area contributed by atoms with Gasteiger partial charge in [0, 0.05) is 5.69 Å². The van der Waals surface area contributed by atoms with E-state index in [0.29, 0.717) is 11.4 Å². The van der Waals surface area contributed by atoms with Gasteiger partial charge in [-0.15, -0.1) is 6.58 Å². The van der Waals surface area contributed by atoms with Crippen LogP contribution in [0.15, 0.2) is 67.3 Å². The Morgan fingerprint density at radius 2 is 1.52 bits per heavy atom. The Kier molecular flexibility index (Phi) is 11.3. The SMILES string of the molecule is C=CCc1cc(C)c(NC(=O)Nc2cc(-c3ccc(OC)cc3)ccc2C(=O)N[C@H](C(=O)OC)[C@@H](C)OC(C)(C)C)c(C)c1. The molecule has 9 heteroatoms. The van der Waals surface area contributed by atoms with E-state index in [0.717, 1.165) is 34.2 Å². The molecule has 3 N–H and O–H groups in total. The van der Waals surface area contributed by atoms with Gasteiger partial charge in [-0.25, -0.2) is 9.59 Å². The van der Waals surface area contributed by atoms with Crippen molar-refractivity contribution >= 4 is 29.3 Å². The van der Waals surface area contributed by atoms with Crippen molar-refractivity contribution in [3.8, 4) is 16.9 Å². The van der Waals surface area contributed by atoms with Crippen LogP contribution < -0.4 is 20.7 Å². The lowest BCUT2D eigenvalue weighted by molar-refractivity contribution is -0.150. The van der Waals surface area contributed by atoms with E-state index >= 15 is 0 Å². The van der Waals surface area contributed by atoms with Crippen LogP contribution in [0.2, 0.25) is 0 Å². The molecule has 0 saturated carbocycles. The Hall–Kier alpha value is -4.63. The van der Waals surface area contributed by atoms with Crippen molar-refractivity contribution in [2.75, 3.05) is 24.9 Å². The van der Waals surface area contributed by atoms with Gasteiger partial charge in [0.05, 0.1) is 37.2 Å². The molecule has 0 spiro atoms. The monoisotopic (exact) mass is 601 g/mol. The van der Waals surface area contributed by atoms with Crippen LogP contribution in [0.1, 0.15) is 54.7 Å². The maximum Gasteiger partial charge on any atom is 0.331 e. The van der Waals surface area contributed by atoms with Crippen LogP contribution in [0.25, 0.3) is 11.1 Å². The van der Waals surface area contributed by atoms with E-state index in [2.05, 4.69) is 22.5 Å². The molecule has 2 atom stereocenters. The smallest absolute Gasteiger partial charge is 0.331 e. The van der Waals surface area contributed by atoms with Gasteiger partial charge in [0.25, 0.3) is 5.91 Å². The minimum atomic E-state index is -1.09. The summed E-state index contributed by atoms with van der Waals surface area (Å²) in [4.78, 5) is 39.7. The fourth-order valence-electron chi connectivity index (χ4n) is 4.95. The van der Waals surface area contributed by atoms with Crippen molar-refractivity contribution in [2.24, 2.45) is 0 Å². The summed E-state index contributed by atoms with van der Waals surface area (Å²) in [6, 6.07) is 14.9. The molecule has 3 aromatic carbocycles. The first-order valence-electron chi connectivity index (χ1n) is 14.4. The number of hydrogen-bond donors (Lipinski definition) is 3. The lowest BCUT2D eigenvalue weighted by atomic mass is 10.0. The highest BCUT2D eigenvalue weighted by molar-refractivity contribution is 6.08. The number of amides is 3. The average molecular weight is 602 g/mol. The number of carbonyl (C=O) groups excluding carboxylic acids is 3. The van der Waals surface area contributed by atoms with Gasteiger partial charge in [0.15, 0.2) is 6.04 Å². The maximum absolute atomic E-state index is 13.7. The van der Waals surface area contributed by atoms with Crippen LogP contribution in [-0.4, -0.2) is 49.9 Å². The number of urea groups is 1. The summed E-state index contributed by atoms with van der Waals surface area (Å²) in [6.07, 6.45) is 1.85. The third-order valence-electron chi connectivity index (χ3n) is 6.90. The first kappa shape index (κ1) is 33.9. The topological polar surface area (TPSA) is 115 Å². The molecule has 0 saturated heterocycles. The number of nitrogens with one attached hydrogen (secondary N) is 3. The molecule has 0 aliphatic carbocycles. The second-order valence-electron chi connectivity index (χ2n) is 11.6. The van der Waals surface area contributed by atoms with Crippen molar-refractivity contribution in [3.63, 3.8) is 0 Å². The number of hydrogen-bond acceptors (Lipinski definition) is 6. The summed E-state index contributed by atoms with van der Waals surface area (Å²) in [6.45, 7) is 14.9. The normalized spacial score (nSPS) is 12.5. The van der Waals surface area contributed by atoms with Crippen LogP contribution >= 0.6 is 0 Å². The molecule has 234 valence electrons. The van der Waals surface area contributed by atoms with Crippen molar-refractivity contribution in [2.45, 2.75) is 65.7 Å². The fraction of sp³-hybridized carbons (Fsp3) is 0.343. The number of allylic oxidation sites excluding steroid dienone is 1. The van der Waals surface area contributed by atoms with E-state index in [9.17, 15) is 14.4 Å². The van der Waals surface area contributed by atoms with Crippen LogP contribution in [0.3, 0.4) is 0 Å². The van der Waals surface area contributed by atoms with Gasteiger partial charge in [-0.2, -0.15) is 0 Å². The predicted octanol–water partition coefficient (Wildman–Crippen LogP) is 6.83. The molecule has 0 unspecified atom stereocenters. The summed E-state index contributed by atoms with van der Waals surface area (Å²) >= 11 is 0. The first-order chi connectivity index (χ1) is 20.8. The van der Waals surface area contributed by atoms with Gasteiger partial charge in [0.1, 0.15) is 5.75 Å². The second kappa shape index (κ2) is 14.7. The summed E-state index contributed by atoms with van der Waals surface area (Å²) in [7, 11) is 2.84. The van der Waals surface area contributed by atoms with Crippen LogP contribution in [0, 0.1) is 13.8 Å². The third kappa shape index (κ3) is 8.94. The number of ether oxygens (including phenoxy) is 3. The van der Waals surface area contributed by atoms with Gasteiger partial charge >= 0.3 is 12.0 Å². The third-order valence-corrected chi connectivity index (χ3v) is 6.90. The van der Waals surface area contributed by atoms with Crippen LogP contribution in [0.5, 0.6) is 5.75 Å². The maximum atomic E-state index is 13.7. The molecule has 3 aromatic rings. The number of rotatable bonds is 11. The summed E-state index contributed by atoms with van der Waals surface area (Å²) in [5.74, 6) is -0.529. The van der Waals surface area contributed by atoms with E-state index in [4.69, 9.17) is 14.2 Å². The van der Waals surface area contributed by atoms with Gasteiger partial charge in [0.2, 0.25) is 0 Å². The van der Waals surface area contributed by atoms with Crippen molar-refractivity contribution in [3.05, 3.63) is 89.5 Å². The van der Waals surface area contributed by atoms with Crippen LogP contribution in [0.4, 0.5) is 16.2 Å². The van der Waals surface area contributed by atoms with Gasteiger partial charge in [-0.05, 0) is 100 Å². The van der Waals surface area contributed by atoms with E-state index in [1.807, 2.05) is 77.1 Å². The second-order valence-corrected chi connectivity index (χ2v) is 11.6. The molecule has 0 heterocycles. The lowest BCUT2D eigenvalue weighted by Gasteiger charge is -2.30. The minimum absolute atomic E-state index is 0.157. The van der Waals surface area contributed by atoms with Gasteiger partial charge in [-0.1, -0.05) is 36.4 Å². The summed E-state index contributed by atoms with van der Waals surface area (Å²) in [5, 5.41) is 8.53. The van der Waals surface area contributed by atoms with E-state index in [1.165, 1.54) is 7.11 Å².